The van der Waals surface area contributed by atoms with Crippen LogP contribution in [0.2, 0.25) is 0 Å². The molecule has 1 heterocycles. The highest BCUT2D eigenvalue weighted by Gasteiger charge is 2.31. The van der Waals surface area contributed by atoms with Gasteiger partial charge in [-0.2, -0.15) is 0 Å². The summed E-state index contributed by atoms with van der Waals surface area (Å²) in [4.78, 5) is 11.0. The zero-order chi connectivity index (χ0) is 9.73. The van der Waals surface area contributed by atoms with Crippen molar-refractivity contribution in [3.63, 3.8) is 0 Å². The maximum absolute atomic E-state index is 11.0. The Morgan fingerprint density at radius 2 is 2.38 bits per heavy atom. The largest absolute Gasteiger partial charge is 0.459 e. The quantitative estimate of drug-likeness (QED) is 0.497. The molecule has 1 atom stereocenters. The van der Waals surface area contributed by atoms with Crippen molar-refractivity contribution in [2.75, 3.05) is 13.2 Å². The first-order valence-corrected chi connectivity index (χ1v) is 4.96. The third-order valence-electron chi connectivity index (χ3n) is 2.43. The first-order valence-electron chi connectivity index (χ1n) is 4.96. The van der Waals surface area contributed by atoms with E-state index >= 15 is 0 Å². The van der Waals surface area contributed by atoms with Gasteiger partial charge in [-0.3, -0.25) is 4.79 Å². The van der Waals surface area contributed by atoms with Crippen LogP contribution in [0.4, 0.5) is 0 Å². The van der Waals surface area contributed by atoms with Crippen molar-refractivity contribution in [3.05, 3.63) is 0 Å². The van der Waals surface area contributed by atoms with Crippen LogP contribution < -0.4 is 0 Å². The predicted octanol–water partition coefficient (Wildman–Crippen LogP) is 1.90. The van der Waals surface area contributed by atoms with E-state index < -0.39 is 0 Å². The van der Waals surface area contributed by atoms with E-state index in [1.807, 2.05) is 13.8 Å². The summed E-state index contributed by atoms with van der Waals surface area (Å²) in [6, 6.07) is 0. The number of esters is 1. The molecular weight excluding hydrogens is 168 g/mol. The van der Waals surface area contributed by atoms with E-state index in [1.54, 1.807) is 0 Å². The summed E-state index contributed by atoms with van der Waals surface area (Å²) < 4.78 is 10.5. The Balaban J connectivity index is 2.31. The van der Waals surface area contributed by atoms with Gasteiger partial charge < -0.3 is 9.47 Å². The molecule has 0 N–H and O–H groups in total. The van der Waals surface area contributed by atoms with Crippen LogP contribution in [-0.4, -0.2) is 24.8 Å². The summed E-state index contributed by atoms with van der Waals surface area (Å²) in [5.74, 6) is -0.0646. The summed E-state index contributed by atoms with van der Waals surface area (Å²) in [5.41, 5.74) is -0.273. The first kappa shape index (κ1) is 10.5. The molecule has 1 rings (SSSR count). The van der Waals surface area contributed by atoms with Gasteiger partial charge in [-0.25, -0.2) is 0 Å². The molecule has 1 fully saturated rings. The minimum atomic E-state index is -0.273. The molecule has 3 nitrogen and oxygen atoms in total. The maximum atomic E-state index is 11.0. The van der Waals surface area contributed by atoms with Gasteiger partial charge in [-0.05, 0) is 26.7 Å². The number of ether oxygens (including phenoxy) is 2. The van der Waals surface area contributed by atoms with Gasteiger partial charge in [0.2, 0.25) is 0 Å². The molecule has 3 heteroatoms. The predicted molar refractivity (Wildman–Crippen MR) is 49.5 cm³/mol. The summed E-state index contributed by atoms with van der Waals surface area (Å²) in [6.07, 6.45) is 3.30. The lowest BCUT2D eigenvalue weighted by Gasteiger charge is -2.33. The average Bonchev–Trinajstić information content (AvgIpc) is 2.04. The van der Waals surface area contributed by atoms with Gasteiger partial charge >= 0.3 is 5.97 Å². The lowest BCUT2D eigenvalue weighted by Crippen LogP contribution is -2.36. The smallest absolute Gasteiger partial charge is 0.306 e. The van der Waals surface area contributed by atoms with E-state index in [9.17, 15) is 4.79 Å². The minimum absolute atomic E-state index is 0.0646. The molecule has 1 saturated heterocycles. The number of rotatable bonds is 4. The van der Waals surface area contributed by atoms with Crippen LogP contribution in [-0.2, 0) is 14.3 Å². The molecule has 76 valence electrons. The van der Waals surface area contributed by atoms with Crippen LogP contribution in [0.1, 0.15) is 39.5 Å². The second-order valence-electron chi connectivity index (χ2n) is 3.72. The van der Waals surface area contributed by atoms with Gasteiger partial charge in [-0.1, -0.05) is 0 Å². The SMILES string of the molecule is CCOCC[C@]1(C)CCCC(=O)O1. The van der Waals surface area contributed by atoms with Crippen LogP contribution >= 0.6 is 0 Å². The summed E-state index contributed by atoms with van der Waals surface area (Å²) in [6.45, 7) is 5.36. The number of hydrogen-bond donors (Lipinski definition) is 0. The molecule has 0 aromatic carbocycles. The van der Waals surface area contributed by atoms with Gasteiger partial charge in [0, 0.05) is 19.4 Å². The molecular formula is C10H18O3. The van der Waals surface area contributed by atoms with E-state index in [2.05, 4.69) is 0 Å². The number of carbonyl (C=O) groups is 1. The molecule has 0 spiro atoms. The molecule has 0 aromatic rings. The molecule has 0 unspecified atom stereocenters. The Kier molecular flexibility index (Phi) is 3.72. The van der Waals surface area contributed by atoms with Gasteiger partial charge in [0.05, 0.1) is 6.61 Å². The first-order chi connectivity index (χ1) is 6.16. The van der Waals surface area contributed by atoms with Crippen molar-refractivity contribution < 1.29 is 14.3 Å². The van der Waals surface area contributed by atoms with E-state index in [-0.39, 0.29) is 11.6 Å². The summed E-state index contributed by atoms with van der Waals surface area (Å²) in [7, 11) is 0. The fourth-order valence-corrected chi connectivity index (χ4v) is 1.59. The zero-order valence-corrected chi connectivity index (χ0v) is 8.47. The third-order valence-corrected chi connectivity index (χ3v) is 2.43. The third kappa shape index (κ3) is 3.35. The van der Waals surface area contributed by atoms with E-state index in [1.165, 1.54) is 0 Å². The standard InChI is InChI=1S/C10H18O3/c1-3-12-8-7-10(2)6-4-5-9(11)13-10/h3-8H2,1-2H3/t10-/m0/s1. The van der Waals surface area contributed by atoms with Crippen LogP contribution in [0.5, 0.6) is 0 Å². The molecule has 0 aromatic heterocycles. The molecule has 1 aliphatic rings. The summed E-state index contributed by atoms with van der Waals surface area (Å²) in [5, 5.41) is 0. The number of hydrogen-bond acceptors (Lipinski definition) is 3. The molecule has 0 amide bonds. The van der Waals surface area contributed by atoms with Crippen molar-refractivity contribution >= 4 is 5.97 Å². The Bertz CT molecular complexity index is 179. The Hall–Kier alpha value is -0.570. The fourth-order valence-electron chi connectivity index (χ4n) is 1.59. The fraction of sp³-hybridized carbons (Fsp3) is 0.900. The van der Waals surface area contributed by atoms with Crippen LogP contribution in [0.3, 0.4) is 0 Å². The number of cyclic esters (lactones) is 1. The Labute approximate surface area is 79.4 Å². The molecule has 0 bridgehead atoms. The molecule has 13 heavy (non-hydrogen) atoms. The highest BCUT2D eigenvalue weighted by molar-refractivity contribution is 5.70. The monoisotopic (exact) mass is 186 g/mol. The van der Waals surface area contributed by atoms with E-state index in [0.29, 0.717) is 13.0 Å². The van der Waals surface area contributed by atoms with Crippen molar-refractivity contribution in [2.24, 2.45) is 0 Å². The molecule has 0 radical (unpaired) electrons. The minimum Gasteiger partial charge on any atom is -0.459 e. The number of carbonyl (C=O) groups excluding carboxylic acids is 1. The van der Waals surface area contributed by atoms with E-state index in [0.717, 1.165) is 25.9 Å². The van der Waals surface area contributed by atoms with E-state index in [4.69, 9.17) is 9.47 Å². The zero-order valence-electron chi connectivity index (χ0n) is 8.47. The lowest BCUT2D eigenvalue weighted by atomic mass is 9.93. The average molecular weight is 186 g/mol. The van der Waals surface area contributed by atoms with Gasteiger partial charge in [-0.15, -0.1) is 0 Å². The highest BCUT2D eigenvalue weighted by atomic mass is 16.6. The van der Waals surface area contributed by atoms with Gasteiger partial charge in [0.15, 0.2) is 0 Å². The van der Waals surface area contributed by atoms with Gasteiger partial charge in [0.25, 0.3) is 0 Å². The van der Waals surface area contributed by atoms with Crippen molar-refractivity contribution in [3.8, 4) is 0 Å². The molecule has 0 aliphatic carbocycles. The van der Waals surface area contributed by atoms with Crippen LogP contribution in [0.25, 0.3) is 0 Å². The molecule has 0 saturated carbocycles. The normalized spacial score (nSPS) is 28.6. The van der Waals surface area contributed by atoms with Crippen molar-refractivity contribution in [2.45, 2.75) is 45.1 Å². The second kappa shape index (κ2) is 4.61. The Morgan fingerprint density at radius 1 is 1.62 bits per heavy atom. The second-order valence-corrected chi connectivity index (χ2v) is 3.72. The van der Waals surface area contributed by atoms with Crippen LogP contribution in [0, 0.1) is 0 Å². The summed E-state index contributed by atoms with van der Waals surface area (Å²) >= 11 is 0. The van der Waals surface area contributed by atoms with Crippen molar-refractivity contribution in [1.29, 1.82) is 0 Å². The highest BCUT2D eigenvalue weighted by Crippen LogP contribution is 2.28. The van der Waals surface area contributed by atoms with Crippen molar-refractivity contribution in [1.82, 2.24) is 0 Å². The Morgan fingerprint density at radius 3 is 3.00 bits per heavy atom. The molecule has 1 aliphatic heterocycles. The maximum Gasteiger partial charge on any atom is 0.306 e. The topological polar surface area (TPSA) is 35.5 Å². The van der Waals surface area contributed by atoms with Gasteiger partial charge in [0.1, 0.15) is 5.60 Å². The lowest BCUT2D eigenvalue weighted by molar-refractivity contribution is -0.167. The van der Waals surface area contributed by atoms with Crippen LogP contribution in [0.15, 0.2) is 0 Å².